The van der Waals surface area contributed by atoms with Crippen molar-refractivity contribution >= 4 is 45.6 Å². The van der Waals surface area contributed by atoms with Gasteiger partial charge in [0.25, 0.3) is 0 Å². The lowest BCUT2D eigenvalue weighted by Gasteiger charge is -2.42. The first-order valence-corrected chi connectivity index (χ1v) is 17.5. The first kappa shape index (κ1) is 41.9. The van der Waals surface area contributed by atoms with Gasteiger partial charge in [0.05, 0.1) is 26.4 Å². The summed E-state index contributed by atoms with van der Waals surface area (Å²) in [6.45, 7) is 1.15. The van der Waals surface area contributed by atoms with Crippen LogP contribution in [0.5, 0.6) is 0 Å². The van der Waals surface area contributed by atoms with Crippen LogP contribution in [0.4, 0.5) is 9.59 Å². The van der Waals surface area contributed by atoms with Gasteiger partial charge in [-0.15, -0.1) is 0 Å². The highest BCUT2D eigenvalue weighted by Gasteiger charge is 2.46. The molecule has 0 aromatic heterocycles. The standard InChI is InChI=1S/C26H46N4O16S2/c1-13(33)29-17-21(37)19(35)15(11-31)45-23(17)41-5-7-43-25(39)27-3-9-47-48-10-4-28-26(40)44-8-6-42-24-18(30-14(2)34)22(38)20(36)16(12-32)46-24/h15-24,31-32,35-38H,3-12H2,1-2H3,(H,27,39)(H,28,40)(H,29,33)(H,30,34)/t15?,16?,17?,18?,19-,20-,21?,22?,23+,24+/m0/s1. The van der Waals surface area contributed by atoms with Crippen molar-refractivity contribution in [3.8, 4) is 0 Å². The molecule has 0 bridgehead atoms. The third-order valence-electron chi connectivity index (χ3n) is 6.69. The summed E-state index contributed by atoms with van der Waals surface area (Å²) in [5, 5.41) is 69.2. The number of hydrogen-bond donors (Lipinski definition) is 10. The molecule has 0 spiro atoms. The van der Waals surface area contributed by atoms with Gasteiger partial charge in [-0.1, -0.05) is 21.6 Å². The van der Waals surface area contributed by atoms with Crippen LogP contribution in [0.3, 0.4) is 0 Å². The Kier molecular flexibility index (Phi) is 19.7. The van der Waals surface area contributed by atoms with Gasteiger partial charge < -0.3 is 80.3 Å². The van der Waals surface area contributed by atoms with Crippen LogP contribution >= 0.6 is 21.6 Å². The summed E-state index contributed by atoms with van der Waals surface area (Å²) in [5.41, 5.74) is 0. The van der Waals surface area contributed by atoms with Crippen LogP contribution in [0, 0.1) is 0 Å². The number of nitrogens with one attached hydrogen (secondary N) is 4. The van der Waals surface area contributed by atoms with E-state index in [9.17, 15) is 49.8 Å². The van der Waals surface area contributed by atoms with E-state index >= 15 is 0 Å². The minimum absolute atomic E-state index is 0.156. The molecule has 2 aliphatic heterocycles. The van der Waals surface area contributed by atoms with Crippen LogP contribution in [-0.2, 0) is 38.0 Å². The van der Waals surface area contributed by atoms with Crippen molar-refractivity contribution in [2.75, 3.05) is 64.2 Å². The fraction of sp³-hybridized carbons (Fsp3) is 0.846. The fourth-order valence-corrected chi connectivity index (χ4v) is 6.25. The molecule has 0 aliphatic carbocycles. The average molecular weight is 735 g/mol. The highest BCUT2D eigenvalue weighted by molar-refractivity contribution is 8.76. The summed E-state index contributed by atoms with van der Waals surface area (Å²) >= 11 is 0. The second-order valence-electron chi connectivity index (χ2n) is 10.4. The maximum Gasteiger partial charge on any atom is 0.407 e. The Morgan fingerprint density at radius 2 is 1.00 bits per heavy atom. The topological polar surface area (TPSA) is 293 Å². The third-order valence-corrected chi connectivity index (χ3v) is 9.10. The van der Waals surface area contributed by atoms with E-state index in [0.717, 1.165) is 0 Å². The van der Waals surface area contributed by atoms with Gasteiger partial charge in [0.1, 0.15) is 61.9 Å². The first-order valence-electron chi connectivity index (χ1n) is 15.0. The molecule has 2 heterocycles. The van der Waals surface area contributed by atoms with E-state index in [1.54, 1.807) is 0 Å². The van der Waals surface area contributed by atoms with Crippen molar-refractivity contribution in [2.24, 2.45) is 0 Å². The zero-order chi connectivity index (χ0) is 35.6. The Hall–Kier alpha value is -2.22. The zero-order valence-corrected chi connectivity index (χ0v) is 28.1. The lowest BCUT2D eigenvalue weighted by Crippen LogP contribution is -2.64. The highest BCUT2D eigenvalue weighted by atomic mass is 33.1. The molecule has 4 amide bonds. The number of carbonyl (C=O) groups excluding carboxylic acids is 4. The molecule has 48 heavy (non-hydrogen) atoms. The zero-order valence-electron chi connectivity index (χ0n) is 26.4. The van der Waals surface area contributed by atoms with Gasteiger partial charge in [0.2, 0.25) is 11.8 Å². The molecule has 0 aromatic rings. The molecule has 6 unspecified atom stereocenters. The quantitative estimate of drug-likeness (QED) is 0.0444. The van der Waals surface area contributed by atoms with Crippen molar-refractivity contribution in [1.82, 2.24) is 21.3 Å². The van der Waals surface area contributed by atoms with E-state index in [1.165, 1.54) is 35.4 Å². The SMILES string of the molecule is CC(=O)NC1C(O)[C@@H](O)C(CO)O[C@H]1OCCOC(=O)NCCSSCCNC(=O)OCCO[C@@H]1OC(CO)[C@H](O)C(O)C1NC(C)=O. The lowest BCUT2D eigenvalue weighted by molar-refractivity contribution is -0.271. The monoisotopic (exact) mass is 734 g/mol. The molecule has 278 valence electrons. The molecular weight excluding hydrogens is 688 g/mol. The largest absolute Gasteiger partial charge is 0.447 e. The molecule has 22 heteroatoms. The van der Waals surface area contributed by atoms with Crippen LogP contribution in [0.1, 0.15) is 13.8 Å². The number of aliphatic hydroxyl groups is 6. The number of aliphatic hydroxyl groups excluding tert-OH is 6. The minimum atomic E-state index is -1.45. The Balaban J connectivity index is 1.50. The summed E-state index contributed by atoms with van der Waals surface area (Å²) in [5.74, 6) is 0.0665. The number of rotatable bonds is 19. The molecule has 0 radical (unpaired) electrons. The molecule has 20 nitrogen and oxygen atoms in total. The minimum Gasteiger partial charge on any atom is -0.447 e. The van der Waals surface area contributed by atoms with Crippen LogP contribution < -0.4 is 21.3 Å². The first-order chi connectivity index (χ1) is 22.9. The van der Waals surface area contributed by atoms with Gasteiger partial charge in [-0.3, -0.25) is 9.59 Å². The van der Waals surface area contributed by atoms with Gasteiger partial charge in [-0.05, 0) is 0 Å². The molecule has 10 N–H and O–H groups in total. The van der Waals surface area contributed by atoms with Crippen molar-refractivity contribution in [2.45, 2.75) is 75.1 Å². The van der Waals surface area contributed by atoms with Gasteiger partial charge in [0, 0.05) is 38.4 Å². The average Bonchev–Trinajstić information content (AvgIpc) is 3.04. The number of carbonyl (C=O) groups is 4. The summed E-state index contributed by atoms with van der Waals surface area (Å²) in [6.07, 6.45) is -11.8. The van der Waals surface area contributed by atoms with Crippen LogP contribution in [0.25, 0.3) is 0 Å². The molecule has 2 aliphatic rings. The fourth-order valence-electron chi connectivity index (χ4n) is 4.43. The second-order valence-corrected chi connectivity index (χ2v) is 13.1. The molecule has 2 rings (SSSR count). The van der Waals surface area contributed by atoms with E-state index in [0.29, 0.717) is 11.5 Å². The van der Waals surface area contributed by atoms with Gasteiger partial charge >= 0.3 is 12.2 Å². The van der Waals surface area contributed by atoms with Crippen molar-refractivity contribution < 1.29 is 78.2 Å². The van der Waals surface area contributed by atoms with Gasteiger partial charge in [-0.25, -0.2) is 9.59 Å². The van der Waals surface area contributed by atoms with E-state index in [-0.39, 0.29) is 39.5 Å². The number of hydrogen-bond acceptors (Lipinski definition) is 18. The van der Waals surface area contributed by atoms with Gasteiger partial charge in [0.15, 0.2) is 12.6 Å². The predicted molar refractivity (Wildman–Crippen MR) is 166 cm³/mol. The summed E-state index contributed by atoms with van der Waals surface area (Å²) in [4.78, 5) is 46.7. The number of ether oxygens (including phenoxy) is 6. The Morgan fingerprint density at radius 3 is 1.33 bits per heavy atom. The maximum atomic E-state index is 11.9. The molecular formula is C26H46N4O16S2. The summed E-state index contributed by atoms with van der Waals surface area (Å²) in [7, 11) is 2.88. The molecule has 2 saturated heterocycles. The predicted octanol–water partition coefficient (Wildman–Crippen LogP) is -4.26. The Bertz CT molecular complexity index is 930. The normalized spacial score (nSPS) is 30.2. The van der Waals surface area contributed by atoms with Crippen molar-refractivity contribution in [1.29, 1.82) is 0 Å². The van der Waals surface area contributed by atoms with Crippen LogP contribution in [0.15, 0.2) is 0 Å². The number of amides is 4. The van der Waals surface area contributed by atoms with E-state index in [2.05, 4.69) is 21.3 Å². The maximum absolute atomic E-state index is 11.9. The van der Waals surface area contributed by atoms with E-state index in [4.69, 9.17) is 28.4 Å². The third kappa shape index (κ3) is 14.3. The Labute approximate surface area is 284 Å². The van der Waals surface area contributed by atoms with Gasteiger partial charge in [-0.2, -0.15) is 0 Å². The highest BCUT2D eigenvalue weighted by Crippen LogP contribution is 2.23. The van der Waals surface area contributed by atoms with Crippen LogP contribution in [0.2, 0.25) is 0 Å². The van der Waals surface area contributed by atoms with E-state index < -0.39 is 98.5 Å². The number of alkyl carbamates (subject to hydrolysis) is 2. The van der Waals surface area contributed by atoms with Crippen LogP contribution in [-0.4, -0.2) is 180 Å². The van der Waals surface area contributed by atoms with Crippen molar-refractivity contribution in [3.63, 3.8) is 0 Å². The molecule has 0 aromatic carbocycles. The lowest BCUT2D eigenvalue weighted by atomic mass is 9.97. The smallest absolute Gasteiger partial charge is 0.407 e. The summed E-state index contributed by atoms with van der Waals surface area (Å²) < 4.78 is 31.8. The second kappa shape index (κ2) is 22.5. The Morgan fingerprint density at radius 1 is 0.625 bits per heavy atom. The van der Waals surface area contributed by atoms with E-state index in [1.807, 2.05) is 0 Å². The van der Waals surface area contributed by atoms with Crippen molar-refractivity contribution in [3.05, 3.63) is 0 Å². The molecule has 0 saturated carbocycles. The molecule has 10 atom stereocenters. The molecule has 2 fully saturated rings. The summed E-state index contributed by atoms with van der Waals surface area (Å²) in [6, 6.07) is -2.21.